The zero-order valence-electron chi connectivity index (χ0n) is 19.6. The van der Waals surface area contributed by atoms with Crippen molar-refractivity contribution >= 4 is 28.3 Å². The topological polar surface area (TPSA) is 70.4 Å². The first kappa shape index (κ1) is 23.3. The average molecular weight is 493 g/mol. The highest BCUT2D eigenvalue weighted by atomic mass is 35.5. The van der Waals surface area contributed by atoms with Gasteiger partial charge in [0.2, 0.25) is 0 Å². The second kappa shape index (κ2) is 9.32. The molecule has 1 saturated heterocycles. The molecular formula is C27H26ClFN4O2. The van der Waals surface area contributed by atoms with Crippen LogP contribution < -0.4 is 15.9 Å². The summed E-state index contributed by atoms with van der Waals surface area (Å²) in [7, 11) is 0. The Hall–Kier alpha value is -3.42. The molecule has 1 fully saturated rings. The second-order valence-corrected chi connectivity index (χ2v) is 9.39. The summed E-state index contributed by atoms with van der Waals surface area (Å²) < 4.78 is 16.4. The minimum atomic E-state index is -0.598. The number of nitrogens with one attached hydrogen (secondary N) is 1. The van der Waals surface area contributed by atoms with Crippen molar-refractivity contribution in [2.45, 2.75) is 19.8 Å². The van der Waals surface area contributed by atoms with E-state index < -0.39 is 11.5 Å². The van der Waals surface area contributed by atoms with Crippen molar-refractivity contribution in [2.24, 2.45) is 0 Å². The summed E-state index contributed by atoms with van der Waals surface area (Å²) >= 11 is 6.69. The fraction of sp³-hybridized carbons (Fsp3) is 0.259. The largest absolute Gasteiger partial charge is 0.507 e. The lowest BCUT2D eigenvalue weighted by atomic mass is 9.99. The number of para-hydroxylation sites is 1. The summed E-state index contributed by atoms with van der Waals surface area (Å²) in [4.78, 5) is 20.2. The van der Waals surface area contributed by atoms with Crippen molar-refractivity contribution in [3.63, 3.8) is 0 Å². The minimum absolute atomic E-state index is 0.00363. The van der Waals surface area contributed by atoms with E-state index in [0.717, 1.165) is 18.7 Å². The third-order valence-electron chi connectivity index (χ3n) is 6.44. The van der Waals surface area contributed by atoms with Crippen molar-refractivity contribution in [3.05, 3.63) is 81.5 Å². The first-order valence-corrected chi connectivity index (χ1v) is 12.0. The molecule has 5 rings (SSSR count). The quantitative estimate of drug-likeness (QED) is 0.415. The first-order chi connectivity index (χ1) is 16.9. The molecule has 1 aliphatic heterocycles. The summed E-state index contributed by atoms with van der Waals surface area (Å²) in [5, 5.41) is 14.7. The summed E-state index contributed by atoms with van der Waals surface area (Å²) in [5.74, 6) is -0.113. The summed E-state index contributed by atoms with van der Waals surface area (Å²) in [5.41, 5.74) is 2.12. The van der Waals surface area contributed by atoms with E-state index in [-0.39, 0.29) is 22.3 Å². The van der Waals surface area contributed by atoms with E-state index >= 15 is 0 Å². The summed E-state index contributed by atoms with van der Waals surface area (Å²) in [6.07, 6.45) is 0. The molecule has 2 heterocycles. The van der Waals surface area contributed by atoms with Gasteiger partial charge in [-0.05, 0) is 41.8 Å². The zero-order valence-corrected chi connectivity index (χ0v) is 20.3. The number of hydrogen-bond acceptors (Lipinski definition) is 5. The van der Waals surface area contributed by atoms with Gasteiger partial charge < -0.3 is 15.3 Å². The van der Waals surface area contributed by atoms with Gasteiger partial charge in [0.15, 0.2) is 0 Å². The maximum Gasteiger partial charge on any atom is 0.354 e. The van der Waals surface area contributed by atoms with Crippen LogP contribution in [0.25, 0.3) is 27.7 Å². The third kappa shape index (κ3) is 4.15. The van der Waals surface area contributed by atoms with Crippen molar-refractivity contribution in [1.82, 2.24) is 14.9 Å². The van der Waals surface area contributed by atoms with Crippen LogP contribution in [0, 0.1) is 5.82 Å². The molecule has 0 atom stereocenters. The second-order valence-electron chi connectivity index (χ2n) is 8.99. The maximum absolute atomic E-state index is 14.8. The van der Waals surface area contributed by atoms with Crippen LogP contribution in [0.2, 0.25) is 5.02 Å². The van der Waals surface area contributed by atoms with Gasteiger partial charge in [-0.1, -0.05) is 49.7 Å². The van der Waals surface area contributed by atoms with Crippen LogP contribution in [-0.2, 0) is 0 Å². The van der Waals surface area contributed by atoms with E-state index in [1.807, 2.05) is 24.3 Å². The highest BCUT2D eigenvalue weighted by Crippen LogP contribution is 2.40. The third-order valence-corrected chi connectivity index (χ3v) is 6.75. The van der Waals surface area contributed by atoms with E-state index in [0.29, 0.717) is 41.1 Å². The van der Waals surface area contributed by atoms with Gasteiger partial charge in [0, 0.05) is 42.2 Å². The standard InChI is InChI=1S/C27H26ClFN4O2/c1-16(2)17-6-3-4-8-22(17)33-23-15-18(25-21(29)7-5-9-24(25)34)20(28)14-19(23)26(31-27(33)35)32-12-10-30-11-13-32/h3-9,14-16,30,34H,10-13H2,1-2H3. The summed E-state index contributed by atoms with van der Waals surface area (Å²) in [6, 6.07) is 15.2. The Labute approximate surface area is 207 Å². The predicted octanol–water partition coefficient (Wildman–Crippen LogP) is 5.08. The number of piperazine rings is 1. The van der Waals surface area contributed by atoms with Crippen LogP contribution in [-0.4, -0.2) is 40.8 Å². The van der Waals surface area contributed by atoms with E-state index in [9.17, 15) is 14.3 Å². The van der Waals surface area contributed by atoms with E-state index in [1.165, 1.54) is 18.2 Å². The van der Waals surface area contributed by atoms with Crippen LogP contribution in [0.4, 0.5) is 10.2 Å². The molecule has 0 radical (unpaired) electrons. The van der Waals surface area contributed by atoms with Gasteiger partial charge in [0.05, 0.1) is 16.8 Å². The number of hydrogen-bond donors (Lipinski definition) is 2. The smallest absolute Gasteiger partial charge is 0.354 e. The number of nitrogens with zero attached hydrogens (tertiary/aromatic N) is 3. The van der Waals surface area contributed by atoms with Crippen LogP contribution in [0.3, 0.4) is 0 Å². The number of phenolic OH excluding ortho intramolecular Hbond substituents is 1. The first-order valence-electron chi connectivity index (χ1n) is 11.7. The van der Waals surface area contributed by atoms with E-state index in [2.05, 4.69) is 29.0 Å². The normalized spacial score (nSPS) is 14.1. The highest BCUT2D eigenvalue weighted by Gasteiger charge is 2.23. The van der Waals surface area contributed by atoms with Gasteiger partial charge in [0.25, 0.3) is 0 Å². The minimum Gasteiger partial charge on any atom is -0.507 e. The van der Waals surface area contributed by atoms with Crippen LogP contribution in [0.5, 0.6) is 5.75 Å². The highest BCUT2D eigenvalue weighted by molar-refractivity contribution is 6.34. The number of halogens is 2. The molecule has 35 heavy (non-hydrogen) atoms. The van der Waals surface area contributed by atoms with Gasteiger partial charge in [-0.2, -0.15) is 4.98 Å². The molecule has 4 aromatic rings. The molecule has 0 amide bonds. The number of anilines is 1. The molecule has 0 unspecified atom stereocenters. The predicted molar refractivity (Wildman–Crippen MR) is 139 cm³/mol. The number of rotatable bonds is 4. The molecule has 0 spiro atoms. The lowest BCUT2D eigenvalue weighted by Gasteiger charge is -2.30. The fourth-order valence-corrected chi connectivity index (χ4v) is 4.99. The SMILES string of the molecule is CC(C)c1ccccc1-n1c(=O)nc(N2CCNCC2)c2cc(Cl)c(-c3c(O)cccc3F)cc21. The zero-order chi connectivity index (χ0) is 24.7. The summed E-state index contributed by atoms with van der Waals surface area (Å²) in [6.45, 7) is 7.07. The fourth-order valence-electron chi connectivity index (χ4n) is 4.73. The lowest BCUT2D eigenvalue weighted by molar-refractivity contribution is 0.472. The Balaban J connectivity index is 1.88. The van der Waals surface area contributed by atoms with E-state index in [1.54, 1.807) is 16.7 Å². The molecule has 1 aromatic heterocycles. The molecule has 0 saturated carbocycles. The van der Waals surface area contributed by atoms with Gasteiger partial charge in [-0.25, -0.2) is 9.18 Å². The van der Waals surface area contributed by atoms with Crippen molar-refractivity contribution in [1.29, 1.82) is 0 Å². The van der Waals surface area contributed by atoms with Crippen molar-refractivity contribution in [3.8, 4) is 22.6 Å². The number of aromatic nitrogens is 2. The molecule has 8 heteroatoms. The van der Waals surface area contributed by atoms with E-state index in [4.69, 9.17) is 11.6 Å². The Bertz CT molecular complexity index is 1460. The molecule has 0 bridgehead atoms. The lowest BCUT2D eigenvalue weighted by Crippen LogP contribution is -2.44. The number of benzene rings is 3. The molecule has 3 aromatic carbocycles. The molecular weight excluding hydrogens is 467 g/mol. The Morgan fingerprint density at radius 3 is 2.54 bits per heavy atom. The average Bonchev–Trinajstić information content (AvgIpc) is 2.84. The van der Waals surface area contributed by atoms with Crippen LogP contribution >= 0.6 is 11.6 Å². The van der Waals surface area contributed by atoms with Gasteiger partial charge >= 0.3 is 5.69 Å². The number of fused-ring (bicyclic) bond motifs is 1. The number of aromatic hydroxyl groups is 1. The van der Waals surface area contributed by atoms with Crippen molar-refractivity contribution < 1.29 is 9.50 Å². The molecule has 180 valence electrons. The van der Waals surface area contributed by atoms with Crippen LogP contribution in [0.15, 0.2) is 59.4 Å². The van der Waals surface area contributed by atoms with Crippen LogP contribution in [0.1, 0.15) is 25.3 Å². The maximum atomic E-state index is 14.8. The Kier molecular flexibility index (Phi) is 6.21. The molecule has 0 aliphatic carbocycles. The van der Waals surface area contributed by atoms with Crippen molar-refractivity contribution in [2.75, 3.05) is 31.1 Å². The molecule has 2 N–H and O–H groups in total. The number of phenols is 1. The van der Waals surface area contributed by atoms with Gasteiger partial charge in [-0.3, -0.25) is 4.57 Å². The Morgan fingerprint density at radius 1 is 1.09 bits per heavy atom. The Morgan fingerprint density at radius 2 is 1.83 bits per heavy atom. The van der Waals surface area contributed by atoms with Gasteiger partial charge in [0.1, 0.15) is 17.4 Å². The molecule has 1 aliphatic rings. The molecule has 6 nitrogen and oxygen atoms in total. The monoisotopic (exact) mass is 492 g/mol. The van der Waals surface area contributed by atoms with Gasteiger partial charge in [-0.15, -0.1) is 0 Å².